The molecule has 0 saturated carbocycles. The van der Waals surface area contributed by atoms with Gasteiger partial charge in [-0.1, -0.05) is 164 Å². The quantitative estimate of drug-likeness (QED) is 0.177. The van der Waals surface area contributed by atoms with Crippen LogP contribution in [0.3, 0.4) is 0 Å². The molecule has 0 saturated heterocycles. The van der Waals surface area contributed by atoms with Crippen molar-refractivity contribution in [3.05, 3.63) is 193 Å². The molecule has 0 N–H and O–H groups in total. The Balaban J connectivity index is 1.13. The van der Waals surface area contributed by atoms with E-state index in [4.69, 9.17) is 4.74 Å². The van der Waals surface area contributed by atoms with E-state index in [-0.39, 0.29) is 12.0 Å². The van der Waals surface area contributed by atoms with E-state index in [0.29, 0.717) is 0 Å². The minimum atomic E-state index is -0.0580. The molecule has 8 aromatic rings. The second-order valence-electron chi connectivity index (χ2n) is 13.1. The van der Waals surface area contributed by atoms with Gasteiger partial charge in [-0.3, -0.25) is 0 Å². The third-order valence-electron chi connectivity index (χ3n) is 10.4. The van der Waals surface area contributed by atoms with Crippen molar-refractivity contribution in [3.63, 3.8) is 0 Å². The largest absolute Gasteiger partial charge is 0.484 e. The predicted molar refractivity (Wildman–Crippen MR) is 206 cm³/mol. The van der Waals surface area contributed by atoms with E-state index in [9.17, 15) is 0 Å². The van der Waals surface area contributed by atoms with Crippen LogP contribution in [0.1, 0.15) is 17.0 Å². The average molecular weight is 625 g/mol. The van der Waals surface area contributed by atoms with Crippen molar-refractivity contribution in [2.24, 2.45) is 0 Å². The van der Waals surface area contributed by atoms with E-state index >= 15 is 0 Å². The molecule has 1 aliphatic carbocycles. The van der Waals surface area contributed by atoms with Gasteiger partial charge in [0.15, 0.2) is 0 Å². The van der Waals surface area contributed by atoms with E-state index in [1.807, 2.05) is 0 Å². The summed E-state index contributed by atoms with van der Waals surface area (Å²) in [6, 6.07) is 59.5. The van der Waals surface area contributed by atoms with Crippen molar-refractivity contribution < 1.29 is 4.74 Å². The van der Waals surface area contributed by atoms with Crippen LogP contribution in [0.5, 0.6) is 5.75 Å². The van der Waals surface area contributed by atoms with E-state index < -0.39 is 0 Å². The summed E-state index contributed by atoms with van der Waals surface area (Å²) < 4.78 is 6.70. The Hall–Kier alpha value is -6.18. The molecule has 2 aliphatic rings. The first kappa shape index (κ1) is 27.9. The minimum absolute atomic E-state index is 0.0580. The van der Waals surface area contributed by atoms with Gasteiger partial charge in [0.2, 0.25) is 0 Å². The molecule has 1 aliphatic heterocycles. The molecule has 2 atom stereocenters. The van der Waals surface area contributed by atoms with Crippen LogP contribution in [0, 0.1) is 0 Å². The predicted octanol–water partition coefficient (Wildman–Crippen LogP) is 12.6. The molecule has 2 unspecified atom stereocenters. The molecule has 1 heterocycles. The lowest BCUT2D eigenvalue weighted by Crippen LogP contribution is -2.21. The lowest BCUT2D eigenvalue weighted by molar-refractivity contribution is 0.278. The fourth-order valence-corrected chi connectivity index (χ4v) is 8.25. The van der Waals surface area contributed by atoms with Crippen molar-refractivity contribution in [3.8, 4) is 39.1 Å². The molecule has 0 spiro atoms. The maximum atomic E-state index is 6.70. The van der Waals surface area contributed by atoms with Gasteiger partial charge in [0, 0.05) is 17.1 Å². The maximum Gasteiger partial charge on any atom is 0.135 e. The smallest absolute Gasteiger partial charge is 0.135 e. The number of fused-ring (bicyclic) bond motifs is 6. The second-order valence-corrected chi connectivity index (χ2v) is 13.1. The Morgan fingerprint density at radius 1 is 0.429 bits per heavy atom. The van der Waals surface area contributed by atoms with Gasteiger partial charge < -0.3 is 4.74 Å². The fraction of sp³-hybridized carbons (Fsp3) is 0.0417. The molecule has 1 nitrogen and oxygen atoms in total. The van der Waals surface area contributed by atoms with Gasteiger partial charge in [0.1, 0.15) is 11.9 Å². The van der Waals surface area contributed by atoms with Gasteiger partial charge in [0.05, 0.1) is 0 Å². The molecule has 230 valence electrons. The van der Waals surface area contributed by atoms with Crippen LogP contribution in [0.2, 0.25) is 0 Å². The highest BCUT2D eigenvalue weighted by molar-refractivity contribution is 6.19. The molecule has 0 radical (unpaired) electrons. The first-order chi connectivity index (χ1) is 24.3. The summed E-state index contributed by atoms with van der Waals surface area (Å²) >= 11 is 0. The van der Waals surface area contributed by atoms with Crippen LogP contribution >= 0.6 is 0 Å². The highest BCUT2D eigenvalue weighted by Crippen LogP contribution is 2.50. The van der Waals surface area contributed by atoms with Gasteiger partial charge in [-0.25, -0.2) is 0 Å². The molecule has 0 amide bonds. The number of rotatable bonds is 4. The lowest BCUT2D eigenvalue weighted by atomic mass is 9.79. The number of benzene rings is 8. The molecule has 0 aromatic heterocycles. The zero-order valence-electron chi connectivity index (χ0n) is 26.9. The standard InChI is InChI=1S/C48H32O/c1-2-19-36-31(13-1)14-11-25-37(36)34-17-9-15-32(29-34)33-16-10-18-35(30-33)46-39-21-3-5-23-41(39)47(42-24-6-4-22-40(42)46)44-27-12-26-43-38-20-7-8-28-45(38)49-48(43)44/h1-30,43,48H. The number of ether oxygens (including phenoxy) is 1. The fourth-order valence-electron chi connectivity index (χ4n) is 8.25. The molecular formula is C48H32O. The van der Waals surface area contributed by atoms with Crippen molar-refractivity contribution in [1.29, 1.82) is 0 Å². The molecule has 8 aromatic carbocycles. The Bertz CT molecular complexity index is 2590. The van der Waals surface area contributed by atoms with Crippen LogP contribution in [0.4, 0.5) is 0 Å². The second kappa shape index (κ2) is 11.2. The summed E-state index contributed by atoms with van der Waals surface area (Å²) in [5.74, 6) is 1.19. The molecule has 0 fully saturated rings. The van der Waals surface area contributed by atoms with Gasteiger partial charge in [-0.15, -0.1) is 0 Å². The van der Waals surface area contributed by atoms with Gasteiger partial charge in [-0.2, -0.15) is 0 Å². The number of allylic oxidation sites excluding steroid dienone is 2. The summed E-state index contributed by atoms with van der Waals surface area (Å²) in [4.78, 5) is 0. The summed E-state index contributed by atoms with van der Waals surface area (Å²) in [7, 11) is 0. The van der Waals surface area contributed by atoms with E-state index in [2.05, 4.69) is 182 Å². The van der Waals surface area contributed by atoms with Crippen LogP contribution in [-0.4, -0.2) is 6.10 Å². The first-order valence-corrected chi connectivity index (χ1v) is 17.1. The number of hydrogen-bond acceptors (Lipinski definition) is 1. The maximum absolute atomic E-state index is 6.70. The Morgan fingerprint density at radius 2 is 0.980 bits per heavy atom. The molecule has 10 rings (SSSR count). The van der Waals surface area contributed by atoms with Crippen LogP contribution in [-0.2, 0) is 0 Å². The van der Waals surface area contributed by atoms with Gasteiger partial charge in [-0.05, 0) is 89.5 Å². The third-order valence-corrected chi connectivity index (χ3v) is 10.4. The minimum Gasteiger partial charge on any atom is -0.484 e. The van der Waals surface area contributed by atoms with Gasteiger partial charge >= 0.3 is 0 Å². The van der Waals surface area contributed by atoms with Crippen molar-refractivity contribution in [2.75, 3.05) is 0 Å². The molecule has 1 heteroatoms. The van der Waals surface area contributed by atoms with Gasteiger partial charge in [0.25, 0.3) is 0 Å². The molecule has 49 heavy (non-hydrogen) atoms. The normalized spacial score (nSPS) is 16.4. The summed E-state index contributed by atoms with van der Waals surface area (Å²) in [6.45, 7) is 0. The topological polar surface area (TPSA) is 9.23 Å². The Kier molecular flexibility index (Phi) is 6.38. The highest BCUT2D eigenvalue weighted by atomic mass is 16.5. The van der Waals surface area contributed by atoms with E-state index in [0.717, 1.165) is 5.75 Å². The molecule has 0 bridgehead atoms. The Labute approximate surface area is 286 Å². The summed E-state index contributed by atoms with van der Waals surface area (Å²) in [5, 5.41) is 7.53. The van der Waals surface area contributed by atoms with Crippen molar-refractivity contribution in [1.82, 2.24) is 0 Å². The molecular weight excluding hydrogens is 593 g/mol. The summed E-state index contributed by atoms with van der Waals surface area (Å²) in [6.07, 6.45) is 6.72. The van der Waals surface area contributed by atoms with Crippen molar-refractivity contribution >= 4 is 37.9 Å². The van der Waals surface area contributed by atoms with Crippen molar-refractivity contribution in [2.45, 2.75) is 12.0 Å². The zero-order chi connectivity index (χ0) is 32.3. The van der Waals surface area contributed by atoms with Crippen LogP contribution in [0.25, 0.3) is 71.3 Å². The van der Waals surface area contributed by atoms with Crippen LogP contribution < -0.4 is 4.74 Å². The monoisotopic (exact) mass is 624 g/mol. The number of para-hydroxylation sites is 1. The van der Waals surface area contributed by atoms with Crippen LogP contribution in [0.15, 0.2) is 182 Å². The Morgan fingerprint density at radius 3 is 1.73 bits per heavy atom. The lowest BCUT2D eigenvalue weighted by Gasteiger charge is -2.26. The van der Waals surface area contributed by atoms with E-state index in [1.54, 1.807) is 0 Å². The zero-order valence-corrected chi connectivity index (χ0v) is 26.9. The number of hydrogen-bond donors (Lipinski definition) is 0. The SMILES string of the molecule is C1=CC2c3ccccc3OC2C(c2c3ccccc3c(-c3cccc(-c4cccc(-c5cccc6ccccc56)c4)c3)c3ccccc23)=C1. The van der Waals surface area contributed by atoms with E-state index in [1.165, 1.54) is 82.4 Å². The first-order valence-electron chi connectivity index (χ1n) is 17.1. The third kappa shape index (κ3) is 4.47. The average Bonchev–Trinajstić information content (AvgIpc) is 3.56. The summed E-state index contributed by atoms with van der Waals surface area (Å²) in [5.41, 5.74) is 11.1. The highest BCUT2D eigenvalue weighted by Gasteiger charge is 2.38.